The first-order chi connectivity index (χ1) is 12.0. The summed E-state index contributed by atoms with van der Waals surface area (Å²) in [5, 5.41) is 11.9. The summed E-state index contributed by atoms with van der Waals surface area (Å²) in [7, 11) is 0. The molecule has 0 radical (unpaired) electrons. The standard InChI is InChI=1S/C18H23ClN4O2/c1-10(15-6-12-3-4-13(15)5-12)21-18(24)17-16(11(2)25-22-17)9-23-8-14(19)7-20-23/h7-8,10,12-13,15H,3-6,9H2,1-2H3,(H,21,24). The molecule has 1 amide bonds. The van der Waals surface area contributed by atoms with Gasteiger partial charge in [0.15, 0.2) is 5.69 Å². The van der Waals surface area contributed by atoms with E-state index in [2.05, 4.69) is 22.5 Å². The van der Waals surface area contributed by atoms with E-state index in [0.717, 1.165) is 17.4 Å². The van der Waals surface area contributed by atoms with Crippen molar-refractivity contribution in [3.63, 3.8) is 0 Å². The normalized spacial score (nSPS) is 26.1. The predicted molar refractivity (Wildman–Crippen MR) is 93.4 cm³/mol. The molecular formula is C18H23ClN4O2. The van der Waals surface area contributed by atoms with E-state index < -0.39 is 0 Å². The Morgan fingerprint density at radius 3 is 2.96 bits per heavy atom. The lowest BCUT2D eigenvalue weighted by Crippen LogP contribution is -2.40. The first-order valence-corrected chi connectivity index (χ1v) is 9.33. The third-order valence-corrected chi connectivity index (χ3v) is 6.11. The van der Waals surface area contributed by atoms with Crippen molar-refractivity contribution in [3.05, 3.63) is 34.4 Å². The molecule has 2 aromatic heterocycles. The summed E-state index contributed by atoms with van der Waals surface area (Å²) in [6.07, 6.45) is 8.53. The number of fused-ring (bicyclic) bond motifs is 2. The molecule has 1 N–H and O–H groups in total. The topological polar surface area (TPSA) is 73.0 Å². The highest BCUT2D eigenvalue weighted by Crippen LogP contribution is 2.49. The Bertz CT molecular complexity index is 784. The van der Waals surface area contributed by atoms with Crippen molar-refractivity contribution in [1.82, 2.24) is 20.3 Å². The molecule has 25 heavy (non-hydrogen) atoms. The molecule has 2 aromatic rings. The van der Waals surface area contributed by atoms with Crippen LogP contribution in [0.15, 0.2) is 16.9 Å². The first kappa shape index (κ1) is 16.6. The third-order valence-electron chi connectivity index (χ3n) is 5.92. The number of carbonyl (C=O) groups is 1. The lowest BCUT2D eigenvalue weighted by Gasteiger charge is -2.28. The number of hydrogen-bond donors (Lipinski definition) is 1. The zero-order chi connectivity index (χ0) is 17.6. The molecule has 7 heteroatoms. The number of carbonyl (C=O) groups excluding carboxylic acids is 1. The van der Waals surface area contributed by atoms with Gasteiger partial charge in [0.05, 0.1) is 17.8 Å². The second kappa shape index (κ2) is 6.48. The number of hydrogen-bond acceptors (Lipinski definition) is 4. The lowest BCUT2D eigenvalue weighted by atomic mass is 9.84. The van der Waals surface area contributed by atoms with Crippen LogP contribution in [0.4, 0.5) is 0 Å². The van der Waals surface area contributed by atoms with Gasteiger partial charge >= 0.3 is 0 Å². The maximum Gasteiger partial charge on any atom is 0.274 e. The van der Waals surface area contributed by atoms with Gasteiger partial charge < -0.3 is 9.84 Å². The number of nitrogens with one attached hydrogen (secondary N) is 1. The third kappa shape index (κ3) is 3.19. The van der Waals surface area contributed by atoms with Gasteiger partial charge in [0.2, 0.25) is 0 Å². The zero-order valence-corrected chi connectivity index (χ0v) is 15.3. The van der Waals surface area contributed by atoms with E-state index in [1.54, 1.807) is 17.1 Å². The van der Waals surface area contributed by atoms with Crippen LogP contribution in [0.1, 0.15) is 54.4 Å². The number of halogens is 1. The van der Waals surface area contributed by atoms with Crippen molar-refractivity contribution in [2.45, 2.75) is 52.1 Å². The van der Waals surface area contributed by atoms with Crippen LogP contribution in [0.25, 0.3) is 0 Å². The van der Waals surface area contributed by atoms with Gasteiger partial charge in [0.25, 0.3) is 5.91 Å². The molecule has 0 saturated heterocycles. The Labute approximate surface area is 151 Å². The molecule has 134 valence electrons. The highest BCUT2D eigenvalue weighted by molar-refractivity contribution is 6.30. The molecule has 4 rings (SSSR count). The van der Waals surface area contributed by atoms with Crippen LogP contribution in [0.2, 0.25) is 5.02 Å². The highest BCUT2D eigenvalue weighted by atomic mass is 35.5. The van der Waals surface area contributed by atoms with Crippen LogP contribution in [0, 0.1) is 24.7 Å². The van der Waals surface area contributed by atoms with Crippen molar-refractivity contribution < 1.29 is 9.32 Å². The highest BCUT2D eigenvalue weighted by Gasteiger charge is 2.42. The van der Waals surface area contributed by atoms with Crippen LogP contribution >= 0.6 is 11.6 Å². The maximum absolute atomic E-state index is 12.8. The summed E-state index contributed by atoms with van der Waals surface area (Å²) in [6, 6.07) is 0.159. The van der Waals surface area contributed by atoms with E-state index in [1.165, 1.54) is 25.7 Å². The number of rotatable bonds is 5. The smallest absolute Gasteiger partial charge is 0.274 e. The fourth-order valence-corrected chi connectivity index (χ4v) is 4.79. The fraction of sp³-hybridized carbons (Fsp3) is 0.611. The summed E-state index contributed by atoms with van der Waals surface area (Å²) >= 11 is 5.91. The number of aromatic nitrogens is 3. The molecule has 6 nitrogen and oxygen atoms in total. The van der Waals surface area contributed by atoms with Crippen LogP contribution in [0.3, 0.4) is 0 Å². The van der Waals surface area contributed by atoms with Crippen molar-refractivity contribution in [2.24, 2.45) is 17.8 Å². The van der Waals surface area contributed by atoms with Crippen LogP contribution < -0.4 is 5.32 Å². The van der Waals surface area contributed by atoms with E-state index in [4.69, 9.17) is 16.1 Å². The molecule has 2 heterocycles. The minimum atomic E-state index is -0.166. The lowest BCUT2D eigenvalue weighted by molar-refractivity contribution is 0.0905. The van der Waals surface area contributed by atoms with Gasteiger partial charge in [-0.1, -0.05) is 23.2 Å². The minimum Gasteiger partial charge on any atom is -0.361 e. The van der Waals surface area contributed by atoms with Crippen molar-refractivity contribution >= 4 is 17.5 Å². The average molecular weight is 363 g/mol. The molecule has 2 aliphatic carbocycles. The van der Waals surface area contributed by atoms with Crippen LogP contribution in [0.5, 0.6) is 0 Å². The molecule has 2 bridgehead atoms. The van der Waals surface area contributed by atoms with Gasteiger partial charge in [-0.2, -0.15) is 5.10 Å². The largest absolute Gasteiger partial charge is 0.361 e. The van der Waals surface area contributed by atoms with E-state index in [0.29, 0.717) is 28.9 Å². The Morgan fingerprint density at radius 2 is 2.32 bits per heavy atom. The Morgan fingerprint density at radius 1 is 1.48 bits per heavy atom. The molecule has 0 aromatic carbocycles. The molecule has 2 aliphatic rings. The van der Waals surface area contributed by atoms with E-state index >= 15 is 0 Å². The molecule has 4 unspecified atom stereocenters. The zero-order valence-electron chi connectivity index (χ0n) is 14.5. The van der Waals surface area contributed by atoms with Crippen molar-refractivity contribution in [3.8, 4) is 0 Å². The van der Waals surface area contributed by atoms with Crippen molar-refractivity contribution in [1.29, 1.82) is 0 Å². The van der Waals surface area contributed by atoms with Gasteiger partial charge in [0, 0.05) is 17.8 Å². The van der Waals surface area contributed by atoms with Gasteiger partial charge in [-0.25, -0.2) is 0 Å². The number of amides is 1. The summed E-state index contributed by atoms with van der Waals surface area (Å²) in [4.78, 5) is 12.8. The molecule has 4 atom stereocenters. The second-order valence-corrected chi connectivity index (χ2v) is 7.96. The molecular weight excluding hydrogens is 340 g/mol. The Kier molecular flexibility index (Phi) is 4.31. The fourth-order valence-electron chi connectivity index (χ4n) is 4.63. The van der Waals surface area contributed by atoms with Gasteiger partial charge in [-0.05, 0) is 50.9 Å². The second-order valence-electron chi connectivity index (χ2n) is 7.52. The predicted octanol–water partition coefficient (Wildman–Crippen LogP) is 3.44. The SMILES string of the molecule is Cc1onc(C(=O)NC(C)C2CC3CCC2C3)c1Cn1cc(Cl)cn1. The van der Waals surface area contributed by atoms with Crippen molar-refractivity contribution in [2.75, 3.05) is 0 Å². The average Bonchev–Trinajstić information content (AvgIpc) is 3.34. The summed E-state index contributed by atoms with van der Waals surface area (Å²) in [5.41, 5.74) is 1.09. The summed E-state index contributed by atoms with van der Waals surface area (Å²) in [6.45, 7) is 4.33. The van der Waals surface area contributed by atoms with Gasteiger partial charge in [-0.15, -0.1) is 0 Å². The summed E-state index contributed by atoms with van der Waals surface area (Å²) in [5.74, 6) is 2.68. The van der Waals surface area contributed by atoms with E-state index in [9.17, 15) is 4.79 Å². The van der Waals surface area contributed by atoms with E-state index in [1.807, 2.05) is 6.92 Å². The van der Waals surface area contributed by atoms with Crippen LogP contribution in [-0.2, 0) is 6.54 Å². The molecule has 0 spiro atoms. The number of nitrogens with zero attached hydrogens (tertiary/aromatic N) is 3. The van der Waals surface area contributed by atoms with Crippen LogP contribution in [-0.4, -0.2) is 26.9 Å². The Balaban J connectivity index is 1.47. The van der Waals surface area contributed by atoms with E-state index in [-0.39, 0.29) is 11.9 Å². The first-order valence-electron chi connectivity index (χ1n) is 8.95. The Hall–Kier alpha value is -1.82. The minimum absolute atomic E-state index is 0.159. The summed E-state index contributed by atoms with van der Waals surface area (Å²) < 4.78 is 6.95. The quantitative estimate of drug-likeness (QED) is 0.884. The molecule has 2 fully saturated rings. The number of aryl methyl sites for hydroxylation is 1. The molecule has 0 aliphatic heterocycles. The maximum atomic E-state index is 12.8. The monoisotopic (exact) mass is 362 g/mol. The van der Waals surface area contributed by atoms with Gasteiger partial charge in [0.1, 0.15) is 5.76 Å². The van der Waals surface area contributed by atoms with Gasteiger partial charge in [-0.3, -0.25) is 9.48 Å². The molecule has 2 saturated carbocycles.